The molecular formula is C35H39Br. The Bertz CT molecular complexity index is 1680. The van der Waals surface area contributed by atoms with Crippen molar-refractivity contribution in [3.05, 3.63) is 81.3 Å². The zero-order chi connectivity index (χ0) is 26.4. The van der Waals surface area contributed by atoms with Crippen LogP contribution in [0.2, 0.25) is 0 Å². The lowest BCUT2D eigenvalue weighted by Crippen LogP contribution is -2.14. The van der Waals surface area contributed by atoms with Gasteiger partial charge in [0.05, 0.1) is 0 Å². The van der Waals surface area contributed by atoms with E-state index >= 15 is 0 Å². The van der Waals surface area contributed by atoms with E-state index in [-0.39, 0.29) is 16.2 Å². The van der Waals surface area contributed by atoms with Crippen LogP contribution < -0.4 is 0 Å². The fourth-order valence-corrected chi connectivity index (χ4v) is 6.39. The maximum atomic E-state index is 3.94. The normalized spacial score (nSPS) is 13.4. The number of fused-ring (bicyclic) bond motifs is 7. The molecule has 0 bridgehead atoms. The Balaban J connectivity index is 2.20. The zero-order valence-electron chi connectivity index (χ0n) is 23.6. The van der Waals surface area contributed by atoms with Crippen molar-refractivity contribution in [2.75, 3.05) is 0 Å². The standard InChI is InChI=1S/C35H39Br/c1-20-11-16-27(34(5,6)7)31-23(20)14-15-25-28(35(8,9)10)17-21-12-13-24-26(30(21)32(25)31)18-22(19-29(24)36)33(2,3)4/h11-19H,1-10H3. The number of halogens is 1. The summed E-state index contributed by atoms with van der Waals surface area (Å²) in [5.41, 5.74) is 5.67. The summed E-state index contributed by atoms with van der Waals surface area (Å²) in [7, 11) is 0. The Hall–Kier alpha value is -2.38. The molecule has 0 aliphatic rings. The van der Waals surface area contributed by atoms with Crippen LogP contribution in [0.25, 0.3) is 43.1 Å². The zero-order valence-corrected chi connectivity index (χ0v) is 25.2. The van der Waals surface area contributed by atoms with Crippen LogP contribution in [0.3, 0.4) is 0 Å². The van der Waals surface area contributed by atoms with Crippen molar-refractivity contribution in [1.29, 1.82) is 0 Å². The van der Waals surface area contributed by atoms with Crippen LogP contribution >= 0.6 is 15.9 Å². The predicted octanol–water partition coefficient (Wildman–Crippen LogP) is 11.3. The van der Waals surface area contributed by atoms with Gasteiger partial charge < -0.3 is 0 Å². The molecule has 0 unspecified atom stereocenters. The van der Waals surface area contributed by atoms with Crippen molar-refractivity contribution in [1.82, 2.24) is 0 Å². The van der Waals surface area contributed by atoms with E-state index < -0.39 is 0 Å². The highest BCUT2D eigenvalue weighted by Crippen LogP contribution is 2.46. The molecule has 0 atom stereocenters. The van der Waals surface area contributed by atoms with Crippen LogP contribution in [0.5, 0.6) is 0 Å². The average Bonchev–Trinajstić information content (AvgIpc) is 2.75. The third-order valence-corrected chi connectivity index (χ3v) is 8.49. The molecule has 0 spiro atoms. The minimum atomic E-state index is 0.0338. The van der Waals surface area contributed by atoms with Gasteiger partial charge in [0.15, 0.2) is 0 Å². The minimum Gasteiger partial charge on any atom is -0.0584 e. The molecule has 0 nitrogen and oxygen atoms in total. The Morgan fingerprint density at radius 1 is 0.500 bits per heavy atom. The van der Waals surface area contributed by atoms with E-state index in [2.05, 4.69) is 140 Å². The minimum absolute atomic E-state index is 0.0338. The van der Waals surface area contributed by atoms with Gasteiger partial charge in [0.2, 0.25) is 0 Å². The Morgan fingerprint density at radius 3 is 1.72 bits per heavy atom. The SMILES string of the molecule is Cc1ccc(C(C)(C)C)c2c1ccc1c(C(C)(C)C)cc3ccc4c(Br)cc(C(C)(C)C)cc4c3c12. The average molecular weight is 540 g/mol. The smallest absolute Gasteiger partial charge is 0.0256 e. The van der Waals surface area contributed by atoms with Gasteiger partial charge in [-0.2, -0.15) is 0 Å². The third kappa shape index (κ3) is 3.95. The van der Waals surface area contributed by atoms with Crippen LogP contribution in [0, 0.1) is 6.92 Å². The van der Waals surface area contributed by atoms with Gasteiger partial charge in [0, 0.05) is 4.47 Å². The first-order chi connectivity index (χ1) is 16.6. The summed E-state index contributed by atoms with van der Waals surface area (Å²) in [5, 5.41) is 10.9. The molecule has 0 aliphatic carbocycles. The molecule has 36 heavy (non-hydrogen) atoms. The van der Waals surface area contributed by atoms with Gasteiger partial charge in [-0.3, -0.25) is 0 Å². The molecule has 0 amide bonds. The second kappa shape index (κ2) is 8.06. The van der Waals surface area contributed by atoms with Gasteiger partial charge in [0.1, 0.15) is 0 Å². The van der Waals surface area contributed by atoms with Gasteiger partial charge in [-0.25, -0.2) is 0 Å². The Labute approximate surface area is 225 Å². The molecule has 1 heteroatoms. The lowest BCUT2D eigenvalue weighted by atomic mass is 9.76. The van der Waals surface area contributed by atoms with E-state index in [1.165, 1.54) is 69.8 Å². The van der Waals surface area contributed by atoms with Crippen LogP contribution in [0.15, 0.2) is 59.1 Å². The van der Waals surface area contributed by atoms with Crippen molar-refractivity contribution in [3.8, 4) is 0 Å². The molecule has 5 aromatic carbocycles. The van der Waals surface area contributed by atoms with Crippen molar-refractivity contribution in [3.63, 3.8) is 0 Å². The van der Waals surface area contributed by atoms with E-state index in [1.54, 1.807) is 0 Å². The van der Waals surface area contributed by atoms with E-state index in [0.717, 1.165) is 0 Å². The first kappa shape index (κ1) is 25.3. The number of hydrogen-bond donors (Lipinski definition) is 0. The highest BCUT2D eigenvalue weighted by Gasteiger charge is 2.25. The number of benzene rings is 5. The van der Waals surface area contributed by atoms with E-state index in [0.29, 0.717) is 0 Å². The molecule has 0 aromatic heterocycles. The molecule has 0 radical (unpaired) electrons. The quantitative estimate of drug-likeness (QED) is 0.172. The Kier molecular flexibility index (Phi) is 5.66. The fraction of sp³-hybridized carbons (Fsp3) is 0.371. The molecule has 0 saturated carbocycles. The summed E-state index contributed by atoms with van der Waals surface area (Å²) in [6, 6.07) is 21.3. The van der Waals surface area contributed by atoms with E-state index in [9.17, 15) is 0 Å². The fourth-order valence-electron chi connectivity index (χ4n) is 5.79. The van der Waals surface area contributed by atoms with Crippen molar-refractivity contribution >= 4 is 59.0 Å². The second-order valence-electron chi connectivity index (χ2n) is 13.7. The van der Waals surface area contributed by atoms with E-state index in [4.69, 9.17) is 0 Å². The largest absolute Gasteiger partial charge is 0.0584 e. The molecule has 186 valence electrons. The molecule has 0 saturated heterocycles. The summed E-state index contributed by atoms with van der Waals surface area (Å²) in [5.74, 6) is 0. The van der Waals surface area contributed by atoms with Crippen LogP contribution in [0.4, 0.5) is 0 Å². The highest BCUT2D eigenvalue weighted by atomic mass is 79.9. The monoisotopic (exact) mass is 538 g/mol. The maximum Gasteiger partial charge on any atom is 0.0256 e. The lowest BCUT2D eigenvalue weighted by molar-refractivity contribution is 0.591. The van der Waals surface area contributed by atoms with Crippen molar-refractivity contribution < 1.29 is 0 Å². The number of rotatable bonds is 0. The summed E-state index contributed by atoms with van der Waals surface area (Å²) in [6.45, 7) is 23.2. The third-order valence-electron chi connectivity index (χ3n) is 7.84. The molecule has 0 aliphatic heterocycles. The van der Waals surface area contributed by atoms with Gasteiger partial charge >= 0.3 is 0 Å². The molecule has 0 fully saturated rings. The summed E-state index contributed by atoms with van der Waals surface area (Å²) >= 11 is 3.94. The predicted molar refractivity (Wildman–Crippen MR) is 165 cm³/mol. The first-order valence-electron chi connectivity index (χ1n) is 13.2. The molecule has 5 aromatic rings. The summed E-state index contributed by atoms with van der Waals surface area (Å²) < 4.78 is 1.17. The molecular weight excluding hydrogens is 500 g/mol. The second-order valence-corrected chi connectivity index (χ2v) is 14.6. The maximum absolute atomic E-state index is 3.94. The molecule has 0 N–H and O–H groups in total. The van der Waals surface area contributed by atoms with Gasteiger partial charge in [0.25, 0.3) is 0 Å². The molecule has 5 rings (SSSR count). The number of hydrogen-bond acceptors (Lipinski definition) is 0. The highest BCUT2D eigenvalue weighted by molar-refractivity contribution is 9.10. The van der Waals surface area contributed by atoms with Gasteiger partial charge in [-0.15, -0.1) is 0 Å². The van der Waals surface area contributed by atoms with Gasteiger partial charge in [-0.05, 0) is 107 Å². The van der Waals surface area contributed by atoms with Crippen molar-refractivity contribution in [2.45, 2.75) is 85.5 Å². The topological polar surface area (TPSA) is 0 Å². The summed E-state index contributed by atoms with van der Waals surface area (Å²) in [6.07, 6.45) is 0. The van der Waals surface area contributed by atoms with Gasteiger partial charge in [-0.1, -0.05) is 115 Å². The Morgan fingerprint density at radius 2 is 1.11 bits per heavy atom. The summed E-state index contributed by atoms with van der Waals surface area (Å²) in [4.78, 5) is 0. The van der Waals surface area contributed by atoms with E-state index in [1.807, 2.05) is 0 Å². The number of aryl methyl sites for hydroxylation is 1. The van der Waals surface area contributed by atoms with Crippen molar-refractivity contribution in [2.24, 2.45) is 0 Å². The lowest BCUT2D eigenvalue weighted by Gasteiger charge is -2.28. The first-order valence-corrected chi connectivity index (χ1v) is 13.9. The molecule has 0 heterocycles. The van der Waals surface area contributed by atoms with Crippen LogP contribution in [-0.2, 0) is 16.2 Å². The van der Waals surface area contributed by atoms with Crippen LogP contribution in [0.1, 0.15) is 84.6 Å². The van der Waals surface area contributed by atoms with Crippen LogP contribution in [-0.4, -0.2) is 0 Å².